The average molecular weight is 416 g/mol. The Hall–Kier alpha value is -3.13. The first-order chi connectivity index (χ1) is 13.7. The van der Waals surface area contributed by atoms with Gasteiger partial charge in [-0.15, -0.1) is 11.3 Å². The molecule has 0 saturated carbocycles. The molecule has 1 atom stereocenters. The summed E-state index contributed by atoms with van der Waals surface area (Å²) in [5.74, 6) is -3.07. The van der Waals surface area contributed by atoms with E-state index in [1.54, 1.807) is 17.5 Å². The van der Waals surface area contributed by atoms with Crippen molar-refractivity contribution in [3.8, 4) is 11.3 Å². The second-order valence-electron chi connectivity index (χ2n) is 6.58. The summed E-state index contributed by atoms with van der Waals surface area (Å²) in [5, 5.41) is 4.42. The van der Waals surface area contributed by atoms with Crippen LogP contribution in [0, 0.1) is 25.5 Å². The van der Waals surface area contributed by atoms with Gasteiger partial charge in [-0.2, -0.15) is 0 Å². The van der Waals surface area contributed by atoms with Gasteiger partial charge in [-0.25, -0.2) is 18.6 Å². The van der Waals surface area contributed by atoms with Crippen LogP contribution in [0.4, 0.5) is 13.9 Å². The van der Waals surface area contributed by atoms with Gasteiger partial charge in [0.1, 0.15) is 0 Å². The number of amides is 1. The molecule has 1 amide bonds. The molecule has 3 aromatic rings. The number of hydrogen-bond acceptors (Lipinski definition) is 5. The summed E-state index contributed by atoms with van der Waals surface area (Å²) in [6.07, 6.45) is -1.04. The maximum absolute atomic E-state index is 13.4. The Morgan fingerprint density at radius 3 is 2.41 bits per heavy atom. The molecule has 0 radical (unpaired) electrons. The molecule has 0 aliphatic heterocycles. The fraction of sp³-hybridized carbons (Fsp3) is 0.190. The standard InChI is InChI=1S/C21H18F2N2O3S/c1-11-6-12(2)8-15(7-11)20(27)28-13(3)19(26)25-21-24-18(10-29-21)14-4-5-16(22)17(23)9-14/h4-10,13H,1-3H3,(H,24,25,26). The van der Waals surface area contributed by atoms with Crippen molar-refractivity contribution in [3.05, 3.63) is 70.1 Å². The quantitative estimate of drug-likeness (QED) is 0.602. The van der Waals surface area contributed by atoms with E-state index in [2.05, 4.69) is 10.3 Å². The molecule has 0 fully saturated rings. The third kappa shape index (κ3) is 5.03. The lowest BCUT2D eigenvalue weighted by Crippen LogP contribution is -2.30. The first-order valence-corrected chi connectivity index (χ1v) is 9.62. The third-order valence-corrected chi connectivity index (χ3v) is 4.82. The number of ether oxygens (including phenoxy) is 1. The number of hydrogen-bond donors (Lipinski definition) is 1. The lowest BCUT2D eigenvalue weighted by Gasteiger charge is -2.13. The molecule has 0 aliphatic rings. The number of esters is 1. The highest BCUT2D eigenvalue weighted by Gasteiger charge is 2.20. The zero-order valence-corrected chi connectivity index (χ0v) is 16.8. The van der Waals surface area contributed by atoms with E-state index in [-0.39, 0.29) is 5.13 Å². The number of aromatic nitrogens is 1. The monoisotopic (exact) mass is 416 g/mol. The maximum Gasteiger partial charge on any atom is 0.338 e. The number of aryl methyl sites for hydroxylation is 2. The highest BCUT2D eigenvalue weighted by Crippen LogP contribution is 2.26. The minimum atomic E-state index is -1.04. The zero-order valence-electron chi connectivity index (χ0n) is 16.0. The van der Waals surface area contributed by atoms with Gasteiger partial charge >= 0.3 is 5.97 Å². The smallest absolute Gasteiger partial charge is 0.338 e. The molecule has 2 aromatic carbocycles. The summed E-state index contributed by atoms with van der Waals surface area (Å²) in [5.41, 5.74) is 2.99. The minimum absolute atomic E-state index is 0.254. The van der Waals surface area contributed by atoms with Gasteiger partial charge < -0.3 is 4.74 Å². The lowest BCUT2D eigenvalue weighted by molar-refractivity contribution is -0.123. The lowest BCUT2D eigenvalue weighted by atomic mass is 10.1. The fourth-order valence-corrected chi connectivity index (χ4v) is 3.42. The van der Waals surface area contributed by atoms with Gasteiger partial charge in [0.25, 0.3) is 5.91 Å². The van der Waals surface area contributed by atoms with Gasteiger partial charge in [0.05, 0.1) is 11.3 Å². The Bertz CT molecular complexity index is 1060. The molecule has 0 bridgehead atoms. The van der Waals surface area contributed by atoms with Crippen LogP contribution in [-0.4, -0.2) is 23.0 Å². The Morgan fingerprint density at radius 2 is 1.76 bits per heavy atom. The van der Waals surface area contributed by atoms with Crippen molar-refractivity contribution in [3.63, 3.8) is 0 Å². The van der Waals surface area contributed by atoms with E-state index in [4.69, 9.17) is 4.74 Å². The number of thiazole rings is 1. The van der Waals surface area contributed by atoms with Crippen molar-refractivity contribution in [2.75, 3.05) is 5.32 Å². The van der Waals surface area contributed by atoms with Gasteiger partial charge in [-0.05, 0) is 51.1 Å². The molecule has 0 spiro atoms. The molecule has 150 valence electrons. The van der Waals surface area contributed by atoms with Crippen LogP contribution in [0.1, 0.15) is 28.4 Å². The molecule has 1 heterocycles. The number of anilines is 1. The Labute approximate surface area is 170 Å². The van der Waals surface area contributed by atoms with Gasteiger partial charge in [-0.1, -0.05) is 17.2 Å². The van der Waals surface area contributed by atoms with Crippen LogP contribution in [-0.2, 0) is 9.53 Å². The number of halogens is 2. The molecule has 1 N–H and O–H groups in total. The van der Waals surface area contributed by atoms with Crippen LogP contribution in [0.5, 0.6) is 0 Å². The summed E-state index contributed by atoms with van der Waals surface area (Å²) in [7, 11) is 0. The summed E-state index contributed by atoms with van der Waals surface area (Å²) in [6.45, 7) is 5.19. The van der Waals surface area contributed by atoms with Gasteiger partial charge in [0, 0.05) is 10.9 Å². The van der Waals surface area contributed by atoms with Crippen LogP contribution in [0.3, 0.4) is 0 Å². The maximum atomic E-state index is 13.4. The summed E-state index contributed by atoms with van der Waals surface area (Å²) < 4.78 is 31.7. The number of nitrogens with zero attached hydrogens (tertiary/aromatic N) is 1. The summed E-state index contributed by atoms with van der Waals surface area (Å²) >= 11 is 1.12. The predicted octanol–water partition coefficient (Wildman–Crippen LogP) is 4.89. The third-order valence-electron chi connectivity index (χ3n) is 4.06. The summed E-state index contributed by atoms with van der Waals surface area (Å²) in [4.78, 5) is 28.8. The highest BCUT2D eigenvalue weighted by molar-refractivity contribution is 7.14. The Morgan fingerprint density at radius 1 is 1.07 bits per heavy atom. The van der Waals surface area contributed by atoms with Crippen molar-refractivity contribution in [2.45, 2.75) is 26.9 Å². The van der Waals surface area contributed by atoms with Gasteiger partial charge in [0.2, 0.25) is 0 Å². The van der Waals surface area contributed by atoms with Gasteiger partial charge in [0.15, 0.2) is 22.9 Å². The van der Waals surface area contributed by atoms with E-state index in [1.807, 2.05) is 19.9 Å². The van der Waals surface area contributed by atoms with Crippen LogP contribution in [0.15, 0.2) is 41.8 Å². The number of rotatable bonds is 5. The topological polar surface area (TPSA) is 68.3 Å². The van der Waals surface area contributed by atoms with E-state index in [0.29, 0.717) is 16.8 Å². The van der Waals surface area contributed by atoms with Gasteiger partial charge in [-0.3, -0.25) is 10.1 Å². The molecule has 3 rings (SSSR count). The highest BCUT2D eigenvalue weighted by atomic mass is 32.1. The first-order valence-electron chi connectivity index (χ1n) is 8.74. The number of nitrogens with one attached hydrogen (secondary N) is 1. The predicted molar refractivity (Wildman–Crippen MR) is 107 cm³/mol. The molecule has 29 heavy (non-hydrogen) atoms. The van der Waals surface area contributed by atoms with E-state index in [9.17, 15) is 18.4 Å². The molecule has 1 aromatic heterocycles. The number of carbonyl (C=O) groups excluding carboxylic acids is 2. The van der Waals surface area contributed by atoms with Crippen LogP contribution in [0.25, 0.3) is 11.3 Å². The largest absolute Gasteiger partial charge is 0.449 e. The van der Waals surface area contributed by atoms with Crippen molar-refractivity contribution in [1.29, 1.82) is 0 Å². The van der Waals surface area contributed by atoms with Crippen molar-refractivity contribution >= 4 is 28.3 Å². The summed E-state index contributed by atoms with van der Waals surface area (Å²) in [6, 6.07) is 8.75. The fourth-order valence-electron chi connectivity index (χ4n) is 2.70. The molecule has 0 aliphatic carbocycles. The molecule has 1 unspecified atom stereocenters. The number of benzene rings is 2. The van der Waals surface area contributed by atoms with Crippen LogP contribution < -0.4 is 5.32 Å². The van der Waals surface area contributed by atoms with E-state index in [1.165, 1.54) is 13.0 Å². The molecule has 5 nitrogen and oxygen atoms in total. The van der Waals surface area contributed by atoms with E-state index >= 15 is 0 Å². The normalized spacial score (nSPS) is 11.8. The van der Waals surface area contributed by atoms with E-state index < -0.39 is 29.6 Å². The first kappa shape index (κ1) is 20.6. The molecular formula is C21H18F2N2O3S. The molecular weight excluding hydrogens is 398 g/mol. The van der Waals surface area contributed by atoms with Crippen molar-refractivity contribution < 1.29 is 23.1 Å². The van der Waals surface area contributed by atoms with Crippen molar-refractivity contribution in [2.24, 2.45) is 0 Å². The Kier molecular flexibility index (Phi) is 6.03. The molecule has 0 saturated heterocycles. The second kappa shape index (κ2) is 8.48. The zero-order chi connectivity index (χ0) is 21.1. The van der Waals surface area contributed by atoms with Crippen LogP contribution >= 0.6 is 11.3 Å². The number of carbonyl (C=O) groups is 2. The minimum Gasteiger partial charge on any atom is -0.449 e. The average Bonchev–Trinajstić information content (AvgIpc) is 3.11. The Balaban J connectivity index is 1.64. The van der Waals surface area contributed by atoms with E-state index in [0.717, 1.165) is 34.6 Å². The SMILES string of the molecule is Cc1cc(C)cc(C(=O)OC(C)C(=O)Nc2nc(-c3ccc(F)c(F)c3)cs2)c1. The van der Waals surface area contributed by atoms with Crippen molar-refractivity contribution in [1.82, 2.24) is 4.98 Å². The molecule has 8 heteroatoms. The van der Waals surface area contributed by atoms with Crippen LogP contribution in [0.2, 0.25) is 0 Å². The second-order valence-corrected chi connectivity index (χ2v) is 7.44.